The Balaban J connectivity index is 2.31. The fourth-order valence-corrected chi connectivity index (χ4v) is 3.22. The Bertz CT molecular complexity index is 775. The monoisotopic (exact) mass is 384 g/mol. The zero-order valence-corrected chi connectivity index (χ0v) is 14.2. The summed E-state index contributed by atoms with van der Waals surface area (Å²) < 4.78 is 28.5. The second-order valence-electron chi connectivity index (χ2n) is 4.03. The second-order valence-corrected chi connectivity index (χ2v) is 7.79. The molecule has 21 heavy (non-hydrogen) atoms. The lowest BCUT2D eigenvalue weighted by molar-refractivity contribution is 0.298. The first-order valence-corrected chi connectivity index (χ1v) is 9.03. The van der Waals surface area contributed by atoms with Gasteiger partial charge in [-0.2, -0.15) is 0 Å². The largest absolute Gasteiger partial charge is 0.487 e. The zero-order chi connectivity index (χ0) is 15.6. The number of hydrogen-bond acceptors (Lipinski definition) is 3. The molecule has 3 nitrogen and oxygen atoms in total. The van der Waals surface area contributed by atoms with Gasteiger partial charge in [0.05, 0.1) is 10.0 Å². The summed E-state index contributed by atoms with van der Waals surface area (Å²) in [5, 5.41) is 0.977. The predicted molar refractivity (Wildman–Crippen MR) is 85.3 cm³/mol. The molecule has 0 aliphatic carbocycles. The average molecular weight is 386 g/mol. The van der Waals surface area contributed by atoms with E-state index in [1.165, 1.54) is 18.2 Å². The van der Waals surface area contributed by atoms with Crippen molar-refractivity contribution in [2.24, 2.45) is 0 Å². The first-order valence-electron chi connectivity index (χ1n) is 5.59. The topological polar surface area (TPSA) is 43.4 Å². The molecule has 8 heteroatoms. The van der Waals surface area contributed by atoms with Gasteiger partial charge in [0.1, 0.15) is 17.3 Å². The Morgan fingerprint density at radius 1 is 1.05 bits per heavy atom. The van der Waals surface area contributed by atoms with Gasteiger partial charge in [-0.1, -0.05) is 46.9 Å². The van der Waals surface area contributed by atoms with Gasteiger partial charge >= 0.3 is 0 Å². The molecule has 2 rings (SSSR count). The highest BCUT2D eigenvalue weighted by Crippen LogP contribution is 2.32. The van der Waals surface area contributed by atoms with Crippen molar-refractivity contribution in [3.8, 4) is 5.75 Å². The number of hydrogen-bond donors (Lipinski definition) is 0. The molecule has 0 amide bonds. The van der Waals surface area contributed by atoms with Crippen molar-refractivity contribution in [3.63, 3.8) is 0 Å². The van der Waals surface area contributed by atoms with Gasteiger partial charge in [-0.05, 0) is 24.3 Å². The predicted octanol–water partition coefficient (Wildman–Crippen LogP) is 5.15. The summed E-state index contributed by atoms with van der Waals surface area (Å²) in [6, 6.07) is 9.23. The van der Waals surface area contributed by atoms with E-state index in [1.807, 2.05) is 0 Å². The third kappa shape index (κ3) is 4.18. The van der Waals surface area contributed by atoms with E-state index in [-0.39, 0.29) is 22.3 Å². The van der Waals surface area contributed by atoms with E-state index in [0.717, 1.165) is 0 Å². The minimum Gasteiger partial charge on any atom is -0.487 e. The first-order chi connectivity index (χ1) is 9.79. The number of halogens is 4. The molecule has 0 radical (unpaired) electrons. The van der Waals surface area contributed by atoms with E-state index in [0.29, 0.717) is 15.6 Å². The highest BCUT2D eigenvalue weighted by atomic mass is 35.7. The van der Waals surface area contributed by atoms with E-state index < -0.39 is 9.05 Å². The molecule has 0 fully saturated rings. The summed E-state index contributed by atoms with van der Waals surface area (Å²) in [6.07, 6.45) is 0. The molecule has 2 aromatic rings. The average Bonchev–Trinajstić information content (AvgIpc) is 2.40. The van der Waals surface area contributed by atoms with Crippen molar-refractivity contribution in [1.82, 2.24) is 0 Å². The van der Waals surface area contributed by atoms with Gasteiger partial charge in [-0.25, -0.2) is 8.42 Å². The van der Waals surface area contributed by atoms with Crippen molar-refractivity contribution in [2.75, 3.05) is 0 Å². The number of rotatable bonds is 4. The zero-order valence-electron chi connectivity index (χ0n) is 10.3. The Morgan fingerprint density at radius 2 is 1.76 bits per heavy atom. The van der Waals surface area contributed by atoms with Crippen LogP contribution in [-0.2, 0) is 15.7 Å². The molecule has 0 bridgehead atoms. The lowest BCUT2D eigenvalue weighted by Crippen LogP contribution is -2.01. The van der Waals surface area contributed by atoms with Gasteiger partial charge in [-0.3, -0.25) is 0 Å². The lowest BCUT2D eigenvalue weighted by atomic mass is 10.2. The standard InChI is InChI=1S/C13H8Cl4O3S/c14-9-4-5-11(12(6-9)21(17,18)19)20-7-8-2-1-3-10(15)13(8)16/h1-6H,7H2. The molecular weight excluding hydrogens is 378 g/mol. The third-order valence-corrected chi connectivity index (χ3v) is 5.02. The van der Waals surface area contributed by atoms with E-state index in [2.05, 4.69) is 0 Å². The molecule has 0 aliphatic rings. The first kappa shape index (κ1) is 16.7. The van der Waals surface area contributed by atoms with Crippen LogP contribution >= 0.6 is 45.5 Å². The van der Waals surface area contributed by atoms with Crippen LogP contribution in [0.3, 0.4) is 0 Å². The summed E-state index contributed by atoms with van der Waals surface area (Å²) in [4.78, 5) is -0.199. The van der Waals surface area contributed by atoms with Crippen LogP contribution in [0.15, 0.2) is 41.3 Å². The SMILES string of the molecule is O=S(=O)(Cl)c1cc(Cl)ccc1OCc1cccc(Cl)c1Cl. The highest BCUT2D eigenvalue weighted by molar-refractivity contribution is 8.13. The molecule has 0 N–H and O–H groups in total. The van der Waals surface area contributed by atoms with Crippen LogP contribution in [0, 0.1) is 0 Å². The molecule has 0 aliphatic heterocycles. The maximum Gasteiger partial charge on any atom is 0.265 e. The van der Waals surface area contributed by atoms with Gasteiger partial charge in [0.15, 0.2) is 0 Å². The molecular formula is C13H8Cl4O3S. The van der Waals surface area contributed by atoms with Gasteiger partial charge in [0.2, 0.25) is 0 Å². The van der Waals surface area contributed by atoms with E-state index >= 15 is 0 Å². The van der Waals surface area contributed by atoms with Gasteiger partial charge in [0.25, 0.3) is 9.05 Å². The number of ether oxygens (including phenoxy) is 1. The van der Waals surface area contributed by atoms with Crippen molar-refractivity contribution in [1.29, 1.82) is 0 Å². The molecule has 0 atom stereocenters. The Morgan fingerprint density at radius 3 is 2.43 bits per heavy atom. The Kier molecular flexibility index (Phi) is 5.28. The van der Waals surface area contributed by atoms with Crippen LogP contribution in [0.25, 0.3) is 0 Å². The molecule has 0 saturated heterocycles. The highest BCUT2D eigenvalue weighted by Gasteiger charge is 2.18. The second kappa shape index (κ2) is 6.63. The molecule has 0 unspecified atom stereocenters. The fourth-order valence-electron chi connectivity index (χ4n) is 1.61. The van der Waals surface area contributed by atoms with Gasteiger partial charge in [0, 0.05) is 21.3 Å². The molecule has 0 spiro atoms. The van der Waals surface area contributed by atoms with Crippen LogP contribution in [0.5, 0.6) is 5.75 Å². The van der Waals surface area contributed by atoms with Gasteiger partial charge < -0.3 is 4.74 Å². The van der Waals surface area contributed by atoms with Crippen LogP contribution in [0.4, 0.5) is 0 Å². The number of benzene rings is 2. The van der Waals surface area contributed by atoms with Crippen molar-refractivity contribution < 1.29 is 13.2 Å². The third-order valence-electron chi connectivity index (χ3n) is 2.58. The van der Waals surface area contributed by atoms with Gasteiger partial charge in [-0.15, -0.1) is 0 Å². The summed E-state index contributed by atoms with van der Waals surface area (Å²) in [5.74, 6) is 0.0884. The van der Waals surface area contributed by atoms with Crippen molar-refractivity contribution in [2.45, 2.75) is 11.5 Å². The summed E-state index contributed by atoms with van der Waals surface area (Å²) in [7, 11) is 1.39. The van der Waals surface area contributed by atoms with E-state index in [4.69, 9.17) is 50.2 Å². The Labute approximate surface area is 141 Å². The maximum absolute atomic E-state index is 11.5. The van der Waals surface area contributed by atoms with E-state index in [1.54, 1.807) is 18.2 Å². The normalized spacial score (nSPS) is 11.4. The van der Waals surface area contributed by atoms with Crippen LogP contribution in [0.2, 0.25) is 15.1 Å². The summed E-state index contributed by atoms with van der Waals surface area (Å²) in [6.45, 7) is 0.0421. The maximum atomic E-state index is 11.5. The minimum absolute atomic E-state index is 0.0421. The Hall–Kier alpha value is -0.650. The summed E-state index contributed by atoms with van der Waals surface area (Å²) >= 11 is 17.7. The van der Waals surface area contributed by atoms with Crippen LogP contribution < -0.4 is 4.74 Å². The summed E-state index contributed by atoms with van der Waals surface area (Å²) in [5.41, 5.74) is 0.622. The molecule has 0 saturated carbocycles. The molecule has 0 heterocycles. The minimum atomic E-state index is -3.97. The molecule has 2 aromatic carbocycles. The van der Waals surface area contributed by atoms with Crippen molar-refractivity contribution in [3.05, 3.63) is 57.0 Å². The van der Waals surface area contributed by atoms with E-state index in [9.17, 15) is 8.42 Å². The lowest BCUT2D eigenvalue weighted by Gasteiger charge is -2.11. The molecule has 0 aromatic heterocycles. The fraction of sp³-hybridized carbons (Fsp3) is 0.0769. The quantitative estimate of drug-likeness (QED) is 0.683. The van der Waals surface area contributed by atoms with Crippen LogP contribution in [-0.4, -0.2) is 8.42 Å². The molecule has 112 valence electrons. The van der Waals surface area contributed by atoms with Crippen LogP contribution in [0.1, 0.15) is 5.56 Å². The van der Waals surface area contributed by atoms with Crippen molar-refractivity contribution >= 4 is 54.5 Å². The smallest absolute Gasteiger partial charge is 0.265 e.